The first kappa shape index (κ1) is 20.2. The Morgan fingerprint density at radius 3 is 2.69 bits per heavy atom. The fourth-order valence-electron chi connectivity index (χ4n) is 5.25. The van der Waals surface area contributed by atoms with E-state index in [0.717, 1.165) is 49.2 Å². The molecular formula is C24H30FNO3. The lowest BCUT2D eigenvalue weighted by Crippen LogP contribution is -2.54. The summed E-state index contributed by atoms with van der Waals surface area (Å²) in [7, 11) is 3.32. The Balaban J connectivity index is 1.78. The second kappa shape index (κ2) is 8.33. The molecule has 29 heavy (non-hydrogen) atoms. The van der Waals surface area contributed by atoms with Crippen LogP contribution in [0, 0.1) is 11.7 Å². The molecule has 3 atom stereocenters. The van der Waals surface area contributed by atoms with E-state index in [-0.39, 0.29) is 17.8 Å². The van der Waals surface area contributed by atoms with Crippen molar-refractivity contribution in [1.29, 1.82) is 0 Å². The summed E-state index contributed by atoms with van der Waals surface area (Å²) in [4.78, 5) is 2.31. The Bertz CT molecular complexity index is 858. The fourth-order valence-corrected chi connectivity index (χ4v) is 5.25. The van der Waals surface area contributed by atoms with Crippen LogP contribution < -0.4 is 9.47 Å². The van der Waals surface area contributed by atoms with Gasteiger partial charge in [-0.15, -0.1) is 0 Å². The summed E-state index contributed by atoms with van der Waals surface area (Å²) in [5.74, 6) is 1.44. The maximum absolute atomic E-state index is 14.4. The van der Waals surface area contributed by atoms with Crippen LogP contribution >= 0.6 is 0 Å². The zero-order valence-corrected chi connectivity index (χ0v) is 17.2. The Kier molecular flexibility index (Phi) is 5.79. The maximum atomic E-state index is 14.4. The average Bonchev–Trinajstić information content (AvgIpc) is 2.74. The molecule has 2 aliphatic rings. The predicted molar refractivity (Wildman–Crippen MR) is 111 cm³/mol. The van der Waals surface area contributed by atoms with E-state index < -0.39 is 5.60 Å². The summed E-state index contributed by atoms with van der Waals surface area (Å²) in [6.07, 6.45) is 4.66. The Morgan fingerprint density at radius 2 is 1.93 bits per heavy atom. The topological polar surface area (TPSA) is 41.9 Å². The zero-order chi connectivity index (χ0) is 20.4. The first-order valence-electron chi connectivity index (χ1n) is 10.5. The van der Waals surface area contributed by atoms with Crippen molar-refractivity contribution in [2.24, 2.45) is 5.92 Å². The van der Waals surface area contributed by atoms with Crippen molar-refractivity contribution in [3.8, 4) is 11.5 Å². The lowest BCUT2D eigenvalue weighted by Gasteiger charge is -2.53. The standard InChI is InChI=1S/C24H30FNO3/c1-28-18-10-11-22(29-2)19(15-18)23-20-8-5-6-12-24(20,27)13-14-26(23)16-17-7-3-4-9-21(17)25/h3-4,7,9-11,15,20,23,27H,5-6,8,12-14,16H2,1-2H3/t20-,23-,24+/m0/s1. The van der Waals surface area contributed by atoms with Gasteiger partial charge in [0.15, 0.2) is 0 Å². The Hall–Kier alpha value is -2.11. The number of likely N-dealkylation sites (tertiary alicyclic amines) is 1. The zero-order valence-electron chi connectivity index (χ0n) is 17.2. The third-order valence-corrected chi connectivity index (χ3v) is 6.76. The Labute approximate surface area is 172 Å². The average molecular weight is 400 g/mol. The first-order chi connectivity index (χ1) is 14.1. The van der Waals surface area contributed by atoms with Crippen molar-refractivity contribution in [3.05, 3.63) is 59.4 Å². The maximum Gasteiger partial charge on any atom is 0.127 e. The molecular weight excluding hydrogens is 369 g/mol. The quantitative estimate of drug-likeness (QED) is 0.791. The summed E-state index contributed by atoms with van der Waals surface area (Å²) < 4.78 is 25.6. The van der Waals surface area contributed by atoms with Crippen molar-refractivity contribution >= 4 is 0 Å². The van der Waals surface area contributed by atoms with Gasteiger partial charge in [0, 0.05) is 36.2 Å². The number of aliphatic hydroxyl groups is 1. The minimum atomic E-state index is -0.678. The highest BCUT2D eigenvalue weighted by Crippen LogP contribution is 2.51. The summed E-state index contributed by atoms with van der Waals surface area (Å²) in [6, 6.07) is 12.7. The number of halogens is 1. The smallest absolute Gasteiger partial charge is 0.127 e. The van der Waals surface area contributed by atoms with Crippen molar-refractivity contribution in [3.63, 3.8) is 0 Å². The number of nitrogens with zero attached hydrogens (tertiary/aromatic N) is 1. The summed E-state index contributed by atoms with van der Waals surface area (Å²) >= 11 is 0. The number of benzene rings is 2. The third kappa shape index (κ3) is 3.86. The molecule has 1 saturated heterocycles. The molecule has 0 amide bonds. The molecule has 1 N–H and O–H groups in total. The summed E-state index contributed by atoms with van der Waals surface area (Å²) in [5, 5.41) is 11.5. The molecule has 4 nitrogen and oxygen atoms in total. The highest BCUT2D eigenvalue weighted by Gasteiger charge is 2.49. The fraction of sp³-hybridized carbons (Fsp3) is 0.500. The van der Waals surface area contributed by atoms with Crippen LogP contribution in [-0.4, -0.2) is 36.4 Å². The van der Waals surface area contributed by atoms with Gasteiger partial charge in [-0.3, -0.25) is 4.90 Å². The van der Waals surface area contributed by atoms with Crippen molar-refractivity contribution in [2.45, 2.75) is 50.3 Å². The van der Waals surface area contributed by atoms with Crippen LogP contribution in [0.3, 0.4) is 0 Å². The number of hydrogen-bond acceptors (Lipinski definition) is 4. The van der Waals surface area contributed by atoms with E-state index >= 15 is 0 Å². The molecule has 0 aromatic heterocycles. The van der Waals surface area contributed by atoms with Crippen molar-refractivity contribution in [2.75, 3.05) is 20.8 Å². The van der Waals surface area contributed by atoms with Crippen LogP contribution in [0.4, 0.5) is 4.39 Å². The molecule has 1 heterocycles. The van der Waals surface area contributed by atoms with Crippen LogP contribution in [-0.2, 0) is 6.54 Å². The van der Waals surface area contributed by atoms with E-state index in [1.165, 1.54) is 6.07 Å². The van der Waals surface area contributed by atoms with Crippen LogP contribution in [0.1, 0.15) is 49.3 Å². The first-order valence-corrected chi connectivity index (χ1v) is 10.5. The van der Waals surface area contributed by atoms with Gasteiger partial charge in [-0.2, -0.15) is 0 Å². The highest BCUT2D eigenvalue weighted by atomic mass is 19.1. The van der Waals surface area contributed by atoms with Gasteiger partial charge in [-0.1, -0.05) is 31.0 Å². The summed E-state index contributed by atoms with van der Waals surface area (Å²) in [5.41, 5.74) is 1.01. The van der Waals surface area contributed by atoms with Gasteiger partial charge >= 0.3 is 0 Å². The molecule has 2 aromatic rings. The minimum Gasteiger partial charge on any atom is -0.497 e. The van der Waals surface area contributed by atoms with E-state index in [4.69, 9.17) is 9.47 Å². The lowest BCUT2D eigenvalue weighted by molar-refractivity contribution is -0.126. The SMILES string of the molecule is COc1ccc(OC)c([C@H]2[C@@H]3CCCC[C@@]3(O)CCN2Cc2ccccc2F)c1. The predicted octanol–water partition coefficient (Wildman–Crippen LogP) is 4.71. The molecule has 0 unspecified atom stereocenters. The van der Waals surface area contributed by atoms with Gasteiger partial charge in [0.2, 0.25) is 0 Å². The molecule has 1 saturated carbocycles. The van der Waals surface area contributed by atoms with Gasteiger partial charge in [0.1, 0.15) is 17.3 Å². The van der Waals surface area contributed by atoms with Crippen LogP contribution in [0.5, 0.6) is 11.5 Å². The van der Waals surface area contributed by atoms with E-state index in [1.54, 1.807) is 20.3 Å². The molecule has 0 bridgehead atoms. The lowest BCUT2D eigenvalue weighted by atomic mass is 9.66. The second-order valence-corrected chi connectivity index (χ2v) is 8.32. The summed E-state index contributed by atoms with van der Waals surface area (Å²) in [6.45, 7) is 1.22. The van der Waals surface area contributed by atoms with Crippen molar-refractivity contribution in [1.82, 2.24) is 4.90 Å². The van der Waals surface area contributed by atoms with Gasteiger partial charge in [0.05, 0.1) is 19.8 Å². The van der Waals surface area contributed by atoms with Gasteiger partial charge in [0.25, 0.3) is 0 Å². The molecule has 0 radical (unpaired) electrons. The normalized spacial score (nSPS) is 27.3. The number of piperidine rings is 1. The molecule has 1 aliphatic carbocycles. The largest absolute Gasteiger partial charge is 0.497 e. The van der Waals surface area contributed by atoms with Crippen LogP contribution in [0.25, 0.3) is 0 Å². The number of ether oxygens (including phenoxy) is 2. The number of rotatable bonds is 5. The third-order valence-electron chi connectivity index (χ3n) is 6.76. The Morgan fingerprint density at radius 1 is 1.10 bits per heavy atom. The van der Waals surface area contributed by atoms with Crippen LogP contribution in [0.15, 0.2) is 42.5 Å². The van der Waals surface area contributed by atoms with E-state index in [2.05, 4.69) is 4.90 Å². The van der Waals surface area contributed by atoms with E-state index in [0.29, 0.717) is 18.7 Å². The van der Waals surface area contributed by atoms with Gasteiger partial charge in [-0.25, -0.2) is 4.39 Å². The molecule has 0 spiro atoms. The molecule has 5 heteroatoms. The molecule has 156 valence electrons. The molecule has 1 aliphatic heterocycles. The van der Waals surface area contributed by atoms with Crippen LogP contribution in [0.2, 0.25) is 0 Å². The molecule has 2 fully saturated rings. The minimum absolute atomic E-state index is 0.0568. The number of methoxy groups -OCH3 is 2. The number of fused-ring (bicyclic) bond motifs is 1. The number of hydrogen-bond donors (Lipinski definition) is 1. The van der Waals surface area contributed by atoms with Crippen molar-refractivity contribution < 1.29 is 19.0 Å². The molecule has 4 rings (SSSR count). The van der Waals surface area contributed by atoms with Gasteiger partial charge < -0.3 is 14.6 Å². The van der Waals surface area contributed by atoms with E-state index in [1.807, 2.05) is 30.3 Å². The van der Waals surface area contributed by atoms with Gasteiger partial charge in [-0.05, 0) is 43.5 Å². The second-order valence-electron chi connectivity index (χ2n) is 8.32. The highest BCUT2D eigenvalue weighted by molar-refractivity contribution is 5.43. The monoisotopic (exact) mass is 399 g/mol. The molecule has 2 aromatic carbocycles. The van der Waals surface area contributed by atoms with E-state index in [9.17, 15) is 9.50 Å².